The summed E-state index contributed by atoms with van der Waals surface area (Å²) in [6.07, 6.45) is 0. The molecule has 150 heavy (non-hydrogen) atoms. The van der Waals surface area contributed by atoms with Crippen molar-refractivity contribution >= 4 is 229 Å². The van der Waals surface area contributed by atoms with Gasteiger partial charge in [0.2, 0.25) is 0 Å². The quantitative estimate of drug-likeness (QED) is 0.0573. The highest BCUT2D eigenvalue weighted by Gasteiger charge is 2.25. The Bertz CT molecular complexity index is 8700. The Hall–Kier alpha value is -13.5. The van der Waals surface area contributed by atoms with Gasteiger partial charge in [-0.25, -0.2) is 9.59 Å². The fourth-order valence-electron chi connectivity index (χ4n) is 9.91. The zero-order chi connectivity index (χ0) is 116. The van der Waals surface area contributed by atoms with Crippen molar-refractivity contribution in [3.05, 3.63) is 308 Å². The van der Waals surface area contributed by atoms with E-state index >= 15 is 0 Å². The van der Waals surface area contributed by atoms with Crippen molar-refractivity contribution < 1.29 is 252 Å². The molecule has 0 heterocycles. The van der Waals surface area contributed by atoms with Crippen LogP contribution in [0.4, 0.5) is 0 Å². The normalized spacial score (nSPS) is 11.2. The Morgan fingerprint density at radius 1 is 0.160 bits per heavy atom. The van der Waals surface area contributed by atoms with Crippen LogP contribution < -0.4 is 0 Å². The lowest BCUT2D eigenvalue weighted by Gasteiger charge is -2.06. The van der Waals surface area contributed by atoms with E-state index < -0.39 is 245 Å². The highest BCUT2D eigenvalue weighted by molar-refractivity contribution is 7.90. The molecule has 0 spiro atoms. The van der Waals surface area contributed by atoms with Gasteiger partial charge < -0.3 is 10.2 Å². The number of hydrogen-bond donors (Lipinski definition) is 15. The summed E-state index contributed by atoms with van der Waals surface area (Å²) in [6.45, 7) is 0. The van der Waals surface area contributed by atoms with E-state index in [0.717, 1.165) is 118 Å². The van der Waals surface area contributed by atoms with Crippen LogP contribution in [0.1, 0.15) is 20.7 Å². The second-order valence-corrected chi connectivity index (χ2v) is 46.1. The highest BCUT2D eigenvalue weighted by Crippen LogP contribution is 2.30. The number of benzene rings is 13. The third-order valence-corrected chi connectivity index (χ3v) is 27.2. The van der Waals surface area contributed by atoms with Gasteiger partial charge in [0.05, 0.1) is 55.2 Å². The molecule has 0 saturated heterocycles. The maximum atomic E-state index is 11.2. The second kappa shape index (κ2) is 59.2. The molecule has 13 aromatic rings. The number of rotatable bonds is 16. The lowest BCUT2D eigenvalue weighted by molar-refractivity contribution is 0.0651. The Balaban J connectivity index is 0.00000163. The number of fused-ring (bicyclic) bond motifs is 3. The predicted molar refractivity (Wildman–Crippen MR) is 506 cm³/mol. The van der Waals surface area contributed by atoms with E-state index in [2.05, 4.69) is 0 Å². The molecular formula is C74H64O58S18. The predicted octanol–water partition coefficient (Wildman–Crippen LogP) is 4.89. The summed E-state index contributed by atoms with van der Waals surface area (Å²) in [5.74, 6) is -2.46. The van der Waals surface area contributed by atoms with E-state index in [9.17, 15) is 119 Å². The van der Waals surface area contributed by atoms with E-state index in [1.165, 1.54) is 97.1 Å². The van der Waals surface area contributed by atoms with Crippen LogP contribution in [0.3, 0.4) is 0 Å². The van der Waals surface area contributed by atoms with Crippen LogP contribution in [-0.4, -0.2) is 254 Å². The van der Waals surface area contributed by atoms with Crippen LogP contribution >= 0.6 is 0 Å². The molecular weight excluding hydrogens is 2390 g/mol. The number of carboxylic acids is 2. The van der Waals surface area contributed by atoms with Crippen molar-refractivity contribution in [2.24, 2.45) is 0 Å². The summed E-state index contributed by atoms with van der Waals surface area (Å²) in [6, 6.07) is 67.6. The molecule has 15 N–H and O–H groups in total. The minimum atomic E-state index is -4.66. The summed E-state index contributed by atoms with van der Waals surface area (Å²) >= 11 is 0. The third-order valence-electron chi connectivity index (χ3n) is 15.7. The average Bonchev–Trinajstić information content (AvgIpc) is 0.765. The molecule has 0 aliphatic heterocycles. The Morgan fingerprint density at radius 3 is 0.553 bits per heavy atom. The maximum absolute atomic E-state index is 11.2. The summed E-state index contributed by atoms with van der Waals surface area (Å²) in [5, 5.41) is 20.6. The van der Waals surface area contributed by atoms with Gasteiger partial charge in [0.15, 0.2) is 0 Å². The SMILES string of the molecule is O=C(O)c1ccccc1C(=O)O.O=S(=O)(O)c1ccc(-c2ccccc2)cc1.O=S(=O)(O)c1ccc(S(=O)(=O)O)cc1.O=S(=O)(O)c1ccc2ccccc2c1.O=S(=O)(O)c1ccc2ccccc2c1.O=S(=O)(O)c1cccc(S(=O)(=O)O)c1.O=S(=O)(O)c1cccc(S(=O)(=O)O)c1.O=S(=O)(O)c1cccc2c(S(=O)(=O)O)cccc12.O=S(=O)(O)c1ccccc1S(=O)(=O)O.O=S(=O)=O.O=S(=O)=O.O=S(=O)=O.O=S(=O)=O.O=S(=O)=O. The van der Waals surface area contributed by atoms with Gasteiger partial charge in [-0.15, -0.1) is 63.1 Å². The average molecular weight is 2460 g/mol. The number of aromatic carboxylic acids is 2. The van der Waals surface area contributed by atoms with Crippen molar-refractivity contribution in [1.82, 2.24) is 0 Å². The highest BCUT2D eigenvalue weighted by atomic mass is 32.3. The molecule has 58 nitrogen and oxygen atoms in total. The van der Waals surface area contributed by atoms with Crippen molar-refractivity contribution in [3.8, 4) is 11.1 Å². The Morgan fingerprint density at radius 2 is 0.333 bits per heavy atom. The monoisotopic (exact) mass is 2460 g/mol. The zero-order valence-electron chi connectivity index (χ0n) is 72.4. The molecule has 816 valence electrons. The summed E-state index contributed by atoms with van der Waals surface area (Å²) in [5.41, 5.74) is 1.53. The molecule has 76 heteroatoms. The van der Waals surface area contributed by atoms with Crippen molar-refractivity contribution in [2.45, 2.75) is 63.6 Å². The van der Waals surface area contributed by atoms with Crippen molar-refractivity contribution in [3.63, 3.8) is 0 Å². The molecule has 0 unspecified atom stereocenters. The molecule has 0 fully saturated rings. The molecule has 0 radical (unpaired) electrons. The molecule has 0 bridgehead atoms. The molecule has 0 atom stereocenters. The fraction of sp³-hybridized carbons (Fsp3) is 0. The topological polar surface area (TPSA) is 1040 Å². The summed E-state index contributed by atoms with van der Waals surface area (Å²) in [7, 11) is -72.6. The lowest BCUT2D eigenvalue weighted by atomic mass is 10.1. The van der Waals surface area contributed by atoms with Crippen molar-refractivity contribution in [1.29, 1.82) is 0 Å². The third kappa shape index (κ3) is 54.1. The Labute approximate surface area is 856 Å². The van der Waals surface area contributed by atoms with Crippen LogP contribution in [0.5, 0.6) is 0 Å². The molecule has 0 saturated carbocycles. The molecule has 13 aromatic carbocycles. The van der Waals surface area contributed by atoms with Crippen LogP contribution in [-0.2, 0) is 185 Å². The van der Waals surface area contributed by atoms with Gasteiger partial charge in [-0.2, -0.15) is 109 Å². The van der Waals surface area contributed by atoms with E-state index in [1.54, 1.807) is 36.4 Å². The fourth-order valence-corrected chi connectivity index (χ4v) is 17.8. The molecule has 0 amide bonds. The first-order valence-corrected chi connectivity index (χ1v) is 59.9. The zero-order valence-corrected chi connectivity index (χ0v) is 87.1. The maximum Gasteiger partial charge on any atom is 0.425 e. The summed E-state index contributed by atoms with van der Waals surface area (Å²) in [4.78, 5) is 14.9. The van der Waals surface area contributed by atoms with E-state index in [4.69, 9.17) is 133 Å². The molecule has 13 rings (SSSR count). The van der Waals surface area contributed by atoms with Gasteiger partial charge in [0.25, 0.3) is 132 Å². The van der Waals surface area contributed by atoms with Gasteiger partial charge in [-0.05, 0) is 166 Å². The minimum absolute atomic E-state index is 0.0233. The minimum Gasteiger partial charge on any atom is -0.478 e. The largest absolute Gasteiger partial charge is 0.478 e. The number of carbonyl (C=O) groups is 2. The van der Waals surface area contributed by atoms with Gasteiger partial charge in [-0.1, -0.05) is 164 Å². The summed E-state index contributed by atoms with van der Waals surface area (Å²) < 4.78 is 519. The first-order valence-electron chi connectivity index (χ1n) is 36.2. The van der Waals surface area contributed by atoms with Gasteiger partial charge >= 0.3 is 65.0 Å². The van der Waals surface area contributed by atoms with Gasteiger partial charge in [0, 0.05) is 10.8 Å². The van der Waals surface area contributed by atoms with Crippen molar-refractivity contribution in [2.75, 3.05) is 0 Å². The van der Waals surface area contributed by atoms with E-state index in [0.29, 0.717) is 12.1 Å². The second-order valence-electron chi connectivity index (χ2n) is 25.7. The number of hydrogen-bond acceptors (Lipinski definition) is 43. The number of carboxylic acid groups (broad SMARTS) is 2. The molecule has 0 aromatic heterocycles. The first kappa shape index (κ1) is 137. The molecule has 0 aliphatic carbocycles. The lowest BCUT2D eigenvalue weighted by Crippen LogP contribution is -2.07. The van der Waals surface area contributed by atoms with Crippen LogP contribution in [0.2, 0.25) is 0 Å². The smallest absolute Gasteiger partial charge is 0.425 e. The van der Waals surface area contributed by atoms with Gasteiger partial charge in [0.1, 0.15) is 19.6 Å². The molecule has 0 aliphatic rings. The first-order chi connectivity index (χ1) is 68.1. The van der Waals surface area contributed by atoms with E-state index in [-0.39, 0.29) is 36.6 Å². The van der Waals surface area contributed by atoms with Crippen LogP contribution in [0.25, 0.3) is 43.4 Å². The standard InChI is InChI=1S/C12H10O3S.C10H8O6S2.2C10H8O3S.C8H6O4.4C6H6O6S2.5O3S/c13-16(14,15)12-8-6-11(7-9-12)10-4-2-1-3-5-10;11-17(12,13)9-5-1-3-7-8(9)4-2-6-10(7)18(14,15)16;2*11-14(12,13)10-6-5-8-3-1-2-4-9(8)7-10;9-7(10)5-3-1-2-4-6(5)8(11)12;7-13(8,9)5-1-2-6(4-3-5)14(10,11)12;2*7-13(8,9)5-2-1-3-6(4-5)14(10,11)12;7-13(8,9)5-3-1-2-4-6(5)14(10,11)12;5*1-4(2)3/h1-9H,(H,13,14,15);1-6H,(H,11,12,13)(H,14,15,16);2*1-7H,(H,11,12,13);1-4H,(H,9,10)(H,11,12);4*1-4H,(H,7,8,9)(H,10,11,12);;;;;. The van der Waals surface area contributed by atoms with Crippen LogP contribution in [0.15, 0.2) is 361 Å². The van der Waals surface area contributed by atoms with E-state index in [1.807, 2.05) is 66.7 Å². The Kier molecular flexibility index (Phi) is 53.9. The van der Waals surface area contributed by atoms with Gasteiger partial charge in [-0.3, -0.25) is 59.2 Å². The van der Waals surface area contributed by atoms with Crippen LogP contribution in [0, 0.1) is 0 Å².